The molecule has 0 unspecified atom stereocenters. The predicted octanol–water partition coefficient (Wildman–Crippen LogP) is 3.61. The van der Waals surface area contributed by atoms with Crippen LogP contribution in [0.2, 0.25) is 0 Å². The summed E-state index contributed by atoms with van der Waals surface area (Å²) in [6, 6.07) is 23.4. The number of carbonyl (C=O) groups excluding carboxylic acids is 1. The van der Waals surface area contributed by atoms with Gasteiger partial charge in [-0.15, -0.1) is 0 Å². The van der Waals surface area contributed by atoms with Crippen LogP contribution < -0.4 is 23.7 Å². The number of amides is 1. The van der Waals surface area contributed by atoms with E-state index < -0.39 is 26.0 Å². The van der Waals surface area contributed by atoms with Crippen molar-refractivity contribution in [2.24, 2.45) is 0 Å². The van der Waals surface area contributed by atoms with Gasteiger partial charge in [-0.2, -0.15) is 0 Å². The van der Waals surface area contributed by atoms with Gasteiger partial charge in [-0.3, -0.25) is 9.10 Å². The Hall–Kier alpha value is -5.01. The molecule has 13 heteroatoms. The first-order valence-corrected chi connectivity index (χ1v) is 15.9. The molecule has 1 N–H and O–H groups in total. The van der Waals surface area contributed by atoms with Crippen LogP contribution in [-0.4, -0.2) is 40.6 Å². The Morgan fingerprint density at radius 2 is 1.40 bits per heavy atom. The maximum Gasteiger partial charge on any atom is 0.282 e. The molecule has 4 aromatic rings. The van der Waals surface area contributed by atoms with Crippen LogP contribution >= 0.6 is 0 Å². The Bertz CT molecular complexity index is 2040. The third-order valence-electron chi connectivity index (χ3n) is 7.13. The van der Waals surface area contributed by atoms with Gasteiger partial charge in [0.25, 0.3) is 26.0 Å². The molecular weight excluding hydrogens is 596 g/mol. The molecule has 43 heavy (non-hydrogen) atoms. The fourth-order valence-corrected chi connectivity index (χ4v) is 7.80. The molecule has 0 saturated heterocycles. The predicted molar refractivity (Wildman–Crippen MR) is 152 cm³/mol. The summed E-state index contributed by atoms with van der Waals surface area (Å²) < 4.78 is 79.9. The topological polar surface area (TPSA) is 138 Å². The minimum absolute atomic E-state index is 0.00169. The van der Waals surface area contributed by atoms with Crippen molar-refractivity contribution in [3.05, 3.63) is 113 Å². The smallest absolute Gasteiger partial charge is 0.282 e. The number of sulfonamides is 2. The van der Waals surface area contributed by atoms with Crippen molar-refractivity contribution in [2.75, 3.05) is 13.6 Å². The van der Waals surface area contributed by atoms with Gasteiger partial charge in [0, 0.05) is 11.1 Å². The number of carbonyl (C=O) groups is 1. The molecule has 4 aromatic carbocycles. The number of hydrogen-bond donors (Lipinski definition) is 1. The van der Waals surface area contributed by atoms with E-state index in [4.69, 9.17) is 18.9 Å². The van der Waals surface area contributed by atoms with Crippen LogP contribution in [0.4, 0.5) is 0 Å². The van der Waals surface area contributed by atoms with E-state index in [-0.39, 0.29) is 46.8 Å². The van der Waals surface area contributed by atoms with Crippen LogP contribution in [0.15, 0.2) is 106 Å². The molecule has 0 aromatic heterocycles. The van der Waals surface area contributed by atoms with E-state index in [0.29, 0.717) is 34.1 Å². The van der Waals surface area contributed by atoms with Crippen molar-refractivity contribution in [3.8, 4) is 23.0 Å². The fourth-order valence-electron chi connectivity index (χ4n) is 5.16. The first-order chi connectivity index (χ1) is 20.7. The summed E-state index contributed by atoms with van der Waals surface area (Å²) in [5.74, 6) is 0.672. The molecule has 0 fully saturated rings. The van der Waals surface area contributed by atoms with Gasteiger partial charge in [0.05, 0.1) is 16.3 Å². The minimum atomic E-state index is -4.38. The van der Waals surface area contributed by atoms with Gasteiger partial charge in [0.1, 0.15) is 5.70 Å². The third kappa shape index (κ3) is 4.62. The van der Waals surface area contributed by atoms with Gasteiger partial charge in [-0.25, -0.2) is 21.6 Å². The lowest BCUT2D eigenvalue weighted by atomic mass is 9.94. The molecule has 0 radical (unpaired) electrons. The SMILES string of the molecule is O=C(NS(=O)(=O)c1ccccc1)C1=C(c2ccc3c(c2)OCO3)c2ccccc2S(=O)(=O)N1Cc1ccc2c(c1)OCO2. The van der Waals surface area contributed by atoms with Gasteiger partial charge in [0.2, 0.25) is 13.6 Å². The summed E-state index contributed by atoms with van der Waals surface area (Å²) >= 11 is 0. The van der Waals surface area contributed by atoms with E-state index in [1.54, 1.807) is 60.7 Å². The fraction of sp³-hybridized carbons (Fsp3) is 0.100. The zero-order chi connectivity index (χ0) is 29.8. The second-order valence-electron chi connectivity index (χ2n) is 9.73. The number of nitrogens with zero attached hydrogens (tertiary/aromatic N) is 1. The summed E-state index contributed by atoms with van der Waals surface area (Å²) in [6.45, 7) is -0.287. The van der Waals surface area contributed by atoms with Gasteiger partial charge in [0.15, 0.2) is 23.0 Å². The van der Waals surface area contributed by atoms with Crippen molar-refractivity contribution in [3.63, 3.8) is 0 Å². The Balaban J connectivity index is 1.45. The highest BCUT2D eigenvalue weighted by Gasteiger charge is 2.41. The number of nitrogens with one attached hydrogen (secondary N) is 1. The highest BCUT2D eigenvalue weighted by Crippen LogP contribution is 2.44. The van der Waals surface area contributed by atoms with E-state index in [9.17, 15) is 21.6 Å². The summed E-state index contributed by atoms with van der Waals surface area (Å²) in [6.07, 6.45) is 0. The number of ether oxygens (including phenoxy) is 4. The average Bonchev–Trinajstić information content (AvgIpc) is 3.67. The molecule has 0 spiro atoms. The molecule has 218 valence electrons. The second kappa shape index (κ2) is 10.1. The summed E-state index contributed by atoms with van der Waals surface area (Å²) in [5, 5.41) is 0. The van der Waals surface area contributed by atoms with Crippen molar-refractivity contribution < 1.29 is 40.6 Å². The van der Waals surface area contributed by atoms with E-state index in [2.05, 4.69) is 4.72 Å². The highest BCUT2D eigenvalue weighted by atomic mass is 32.2. The standard InChI is InChI=1S/C30H22N2O9S2/c33-30(31-42(34,35)21-6-2-1-3-7-21)29-28(20-11-13-24-26(15-20)41-18-39-24)22-8-4-5-9-27(22)43(36,37)32(29)16-19-10-12-23-25(14-19)40-17-38-23/h1-15H,16-18H2,(H,31,33). The Morgan fingerprint density at radius 1 is 0.767 bits per heavy atom. The normalized spacial score (nSPS) is 16.1. The quantitative estimate of drug-likeness (QED) is 0.344. The zero-order valence-electron chi connectivity index (χ0n) is 22.2. The van der Waals surface area contributed by atoms with Crippen molar-refractivity contribution >= 4 is 31.5 Å². The zero-order valence-corrected chi connectivity index (χ0v) is 23.9. The molecule has 3 aliphatic heterocycles. The van der Waals surface area contributed by atoms with Gasteiger partial charge >= 0.3 is 0 Å². The molecule has 0 bridgehead atoms. The molecule has 3 heterocycles. The van der Waals surface area contributed by atoms with Gasteiger partial charge < -0.3 is 18.9 Å². The van der Waals surface area contributed by atoms with Crippen LogP contribution in [-0.2, 0) is 31.4 Å². The van der Waals surface area contributed by atoms with Crippen molar-refractivity contribution in [1.82, 2.24) is 9.03 Å². The third-order valence-corrected chi connectivity index (χ3v) is 10.3. The molecule has 1 amide bonds. The van der Waals surface area contributed by atoms with Crippen LogP contribution in [0.3, 0.4) is 0 Å². The highest BCUT2D eigenvalue weighted by molar-refractivity contribution is 7.90. The maximum absolute atomic E-state index is 14.2. The molecule has 11 nitrogen and oxygen atoms in total. The Kier molecular flexibility index (Phi) is 6.29. The van der Waals surface area contributed by atoms with Gasteiger partial charge in [-0.05, 0) is 53.6 Å². The monoisotopic (exact) mass is 618 g/mol. The first kappa shape index (κ1) is 26.9. The Labute approximate surface area is 247 Å². The summed E-state index contributed by atoms with van der Waals surface area (Å²) in [5.41, 5.74) is 0.948. The second-order valence-corrected chi connectivity index (χ2v) is 13.2. The minimum Gasteiger partial charge on any atom is -0.454 e. The van der Waals surface area contributed by atoms with Crippen LogP contribution in [0.1, 0.15) is 16.7 Å². The lowest BCUT2D eigenvalue weighted by Gasteiger charge is -2.34. The molecule has 3 aliphatic rings. The molecule has 0 atom stereocenters. The lowest BCUT2D eigenvalue weighted by molar-refractivity contribution is -0.116. The molecule has 0 aliphatic carbocycles. The number of fused-ring (bicyclic) bond motifs is 3. The maximum atomic E-state index is 14.2. The largest absolute Gasteiger partial charge is 0.454 e. The van der Waals surface area contributed by atoms with E-state index in [1.165, 1.54) is 30.3 Å². The number of hydrogen-bond acceptors (Lipinski definition) is 9. The van der Waals surface area contributed by atoms with Crippen LogP contribution in [0, 0.1) is 0 Å². The van der Waals surface area contributed by atoms with E-state index in [0.717, 1.165) is 4.31 Å². The molecule has 0 saturated carbocycles. The Morgan fingerprint density at radius 3 is 2.14 bits per heavy atom. The lowest BCUT2D eigenvalue weighted by Crippen LogP contribution is -2.43. The van der Waals surface area contributed by atoms with Crippen molar-refractivity contribution in [1.29, 1.82) is 0 Å². The molecular formula is C30H22N2O9S2. The number of benzene rings is 4. The first-order valence-electron chi connectivity index (χ1n) is 13.0. The summed E-state index contributed by atoms with van der Waals surface area (Å²) in [4.78, 5) is 13.9. The van der Waals surface area contributed by atoms with Crippen LogP contribution in [0.25, 0.3) is 5.57 Å². The molecule has 7 rings (SSSR count). The van der Waals surface area contributed by atoms with Crippen molar-refractivity contribution in [2.45, 2.75) is 16.3 Å². The summed E-state index contributed by atoms with van der Waals surface area (Å²) in [7, 11) is -8.75. The average molecular weight is 619 g/mol. The van der Waals surface area contributed by atoms with Gasteiger partial charge in [-0.1, -0.05) is 48.5 Å². The number of rotatable bonds is 6. The van der Waals surface area contributed by atoms with E-state index in [1.807, 2.05) is 0 Å². The van der Waals surface area contributed by atoms with Crippen LogP contribution in [0.5, 0.6) is 23.0 Å². The van der Waals surface area contributed by atoms with E-state index >= 15 is 0 Å².